The third kappa shape index (κ3) is 3.90. The summed E-state index contributed by atoms with van der Waals surface area (Å²) >= 11 is 0. The Labute approximate surface area is 198 Å². The summed E-state index contributed by atoms with van der Waals surface area (Å²) in [5.74, 6) is -0.463. The summed E-state index contributed by atoms with van der Waals surface area (Å²) in [5.41, 5.74) is 5.09. The molecule has 0 radical (unpaired) electrons. The Balaban J connectivity index is 1.59. The third-order valence-electron chi connectivity index (χ3n) is 6.44. The number of likely N-dealkylation sites (N-methyl/N-ethyl adjacent to an activating group) is 1. The molecule has 3 heterocycles. The minimum Gasteiger partial charge on any atom is -0.505 e. The third-order valence-corrected chi connectivity index (χ3v) is 6.44. The van der Waals surface area contributed by atoms with Crippen LogP contribution in [0.5, 0.6) is 0 Å². The highest BCUT2D eigenvalue weighted by Crippen LogP contribution is 2.38. The van der Waals surface area contributed by atoms with E-state index in [1.807, 2.05) is 42.3 Å². The van der Waals surface area contributed by atoms with Gasteiger partial charge in [-0.05, 0) is 22.3 Å². The molecule has 172 valence electrons. The summed E-state index contributed by atoms with van der Waals surface area (Å²) in [6, 6.07) is 18.6. The molecule has 34 heavy (non-hydrogen) atoms. The van der Waals surface area contributed by atoms with Crippen LogP contribution in [0.3, 0.4) is 0 Å². The van der Waals surface area contributed by atoms with Crippen molar-refractivity contribution >= 4 is 12.1 Å². The number of carbonyl (C=O) groups excluding carboxylic acids is 1. The summed E-state index contributed by atoms with van der Waals surface area (Å²) in [4.78, 5) is 14.6. The molecule has 1 aromatic heterocycles. The topological polar surface area (TPSA) is 74.0 Å². The molecule has 1 amide bonds. The van der Waals surface area contributed by atoms with Crippen molar-refractivity contribution in [3.63, 3.8) is 0 Å². The van der Waals surface area contributed by atoms with E-state index in [0.717, 1.165) is 23.1 Å². The van der Waals surface area contributed by atoms with Gasteiger partial charge in [-0.1, -0.05) is 61.2 Å². The largest absolute Gasteiger partial charge is 0.505 e. The Morgan fingerprint density at radius 2 is 1.85 bits per heavy atom. The number of hydrogen-bond donors (Lipinski definition) is 1. The minimum atomic E-state index is -0.260. The number of rotatable bonds is 5. The number of benzene rings is 2. The second-order valence-electron chi connectivity index (χ2n) is 8.90. The minimum absolute atomic E-state index is 0.0862. The Hall–Kier alpha value is -4.13. The van der Waals surface area contributed by atoms with Gasteiger partial charge in [0.05, 0.1) is 18.5 Å². The summed E-state index contributed by atoms with van der Waals surface area (Å²) in [5, 5.41) is 21.2. The van der Waals surface area contributed by atoms with Gasteiger partial charge in [-0.15, -0.1) is 0 Å². The second-order valence-corrected chi connectivity index (χ2v) is 8.90. The van der Waals surface area contributed by atoms with E-state index in [0.29, 0.717) is 12.1 Å². The van der Waals surface area contributed by atoms with E-state index in [4.69, 9.17) is 0 Å². The monoisotopic (exact) mass is 453 g/mol. The molecule has 5 rings (SSSR count). The van der Waals surface area contributed by atoms with Crippen molar-refractivity contribution in [2.24, 2.45) is 12.1 Å². The van der Waals surface area contributed by atoms with Crippen LogP contribution in [0, 0.1) is 0 Å². The number of piperazine rings is 1. The number of hydrogen-bond acceptors (Lipinski definition) is 5. The van der Waals surface area contributed by atoms with Crippen LogP contribution in [0.15, 0.2) is 95.7 Å². The molecule has 3 aromatic rings. The number of amides is 1. The van der Waals surface area contributed by atoms with Gasteiger partial charge in [-0.2, -0.15) is 10.2 Å². The molecule has 2 aromatic carbocycles. The van der Waals surface area contributed by atoms with Crippen molar-refractivity contribution in [1.29, 1.82) is 0 Å². The molecule has 7 heteroatoms. The molecule has 2 aliphatic rings. The van der Waals surface area contributed by atoms with Crippen molar-refractivity contribution < 1.29 is 9.90 Å². The molecule has 1 N–H and O–H groups in total. The van der Waals surface area contributed by atoms with Gasteiger partial charge in [-0.3, -0.25) is 14.5 Å². The highest BCUT2D eigenvalue weighted by Gasteiger charge is 2.43. The van der Waals surface area contributed by atoms with Gasteiger partial charge >= 0.3 is 0 Å². The maximum Gasteiger partial charge on any atom is 0.275 e. The summed E-state index contributed by atoms with van der Waals surface area (Å²) < 4.78 is 1.81. The van der Waals surface area contributed by atoms with Crippen molar-refractivity contribution in [1.82, 2.24) is 19.7 Å². The highest BCUT2D eigenvalue weighted by atomic mass is 16.3. The zero-order chi connectivity index (χ0) is 23.8. The summed E-state index contributed by atoms with van der Waals surface area (Å²) in [6.07, 6.45) is 6.21. The fourth-order valence-electron chi connectivity index (χ4n) is 4.82. The number of nitrogens with zero attached hydrogens (tertiary/aromatic N) is 5. The van der Waals surface area contributed by atoms with E-state index in [9.17, 15) is 9.90 Å². The molecule has 2 unspecified atom stereocenters. The first-order chi connectivity index (χ1) is 16.4. The molecule has 2 atom stereocenters. The number of carbonyl (C=O) groups is 1. The highest BCUT2D eigenvalue weighted by molar-refractivity contribution is 5.98. The molecule has 0 bridgehead atoms. The molecular formula is C27H27N5O2. The predicted molar refractivity (Wildman–Crippen MR) is 131 cm³/mol. The van der Waals surface area contributed by atoms with E-state index in [1.165, 1.54) is 11.8 Å². The lowest BCUT2D eigenvalue weighted by atomic mass is 9.82. The summed E-state index contributed by atoms with van der Waals surface area (Å²) in [6.45, 7) is 4.29. The average Bonchev–Trinajstić information content (AvgIpc) is 3.24. The quantitative estimate of drug-likeness (QED) is 0.641. The number of aliphatic hydroxyl groups excluding tert-OH is 1. The van der Waals surface area contributed by atoms with Gasteiger partial charge < -0.3 is 10.0 Å². The molecule has 1 saturated heterocycles. The second kappa shape index (κ2) is 8.67. The first-order valence-electron chi connectivity index (χ1n) is 11.2. The van der Waals surface area contributed by atoms with E-state index in [1.54, 1.807) is 17.0 Å². The molecule has 1 fully saturated rings. The van der Waals surface area contributed by atoms with Crippen molar-refractivity contribution in [3.8, 4) is 0 Å². The Kier molecular flexibility index (Phi) is 5.53. The first kappa shape index (κ1) is 21.7. The molecule has 7 nitrogen and oxygen atoms in total. The van der Waals surface area contributed by atoms with Crippen LogP contribution in [-0.2, 0) is 18.3 Å². The van der Waals surface area contributed by atoms with Crippen LogP contribution in [0.1, 0.15) is 28.2 Å². The summed E-state index contributed by atoms with van der Waals surface area (Å²) in [7, 11) is 3.68. The zero-order valence-corrected chi connectivity index (χ0v) is 19.3. The van der Waals surface area contributed by atoms with E-state index >= 15 is 0 Å². The van der Waals surface area contributed by atoms with Crippen LogP contribution >= 0.6 is 0 Å². The van der Waals surface area contributed by atoms with Crippen molar-refractivity contribution in [2.75, 3.05) is 13.6 Å². The van der Waals surface area contributed by atoms with Gasteiger partial charge in [0.15, 0.2) is 11.5 Å². The maximum atomic E-state index is 13.0. The molecule has 0 spiro atoms. The Morgan fingerprint density at radius 1 is 1.09 bits per heavy atom. The lowest BCUT2D eigenvalue weighted by molar-refractivity contribution is -0.132. The lowest BCUT2D eigenvalue weighted by Gasteiger charge is -2.44. The van der Waals surface area contributed by atoms with Crippen molar-refractivity contribution in [2.45, 2.75) is 18.4 Å². The van der Waals surface area contributed by atoms with Gasteiger partial charge in [0.1, 0.15) is 0 Å². The van der Waals surface area contributed by atoms with Gasteiger partial charge in [0.25, 0.3) is 5.91 Å². The van der Waals surface area contributed by atoms with Crippen LogP contribution in [-0.4, -0.2) is 56.6 Å². The lowest BCUT2D eigenvalue weighted by Crippen LogP contribution is -2.55. The molecule has 2 aliphatic heterocycles. The van der Waals surface area contributed by atoms with Gasteiger partial charge in [0.2, 0.25) is 0 Å². The zero-order valence-electron chi connectivity index (χ0n) is 19.3. The SMILES string of the molecule is C=C1C=NN2C(=C1O)C(=O)N(C)CC2C(c1ccccc1)c1cccc(Cc2cnn(C)c2)c1. The smallest absolute Gasteiger partial charge is 0.275 e. The number of aryl methyl sites for hydroxylation is 1. The van der Waals surface area contributed by atoms with E-state index < -0.39 is 0 Å². The number of allylic oxidation sites excluding steroid dienone is 1. The first-order valence-corrected chi connectivity index (χ1v) is 11.2. The van der Waals surface area contributed by atoms with Crippen LogP contribution in [0.2, 0.25) is 0 Å². The average molecular weight is 454 g/mol. The van der Waals surface area contributed by atoms with Crippen molar-refractivity contribution in [3.05, 3.63) is 113 Å². The van der Waals surface area contributed by atoms with E-state index in [2.05, 4.69) is 53.2 Å². The fourth-order valence-corrected chi connectivity index (χ4v) is 4.82. The number of aromatic nitrogens is 2. The van der Waals surface area contributed by atoms with Gasteiger partial charge in [0, 0.05) is 44.7 Å². The van der Waals surface area contributed by atoms with Crippen LogP contribution < -0.4 is 0 Å². The van der Waals surface area contributed by atoms with Crippen LogP contribution in [0.25, 0.3) is 0 Å². The van der Waals surface area contributed by atoms with Gasteiger partial charge in [-0.25, -0.2) is 0 Å². The number of fused-ring (bicyclic) bond motifs is 1. The number of aliphatic hydroxyl groups is 1. The Bertz CT molecular complexity index is 1310. The molecule has 0 saturated carbocycles. The molecule has 0 aliphatic carbocycles. The Morgan fingerprint density at radius 3 is 2.59 bits per heavy atom. The number of hydrazone groups is 1. The predicted octanol–water partition coefficient (Wildman–Crippen LogP) is 3.61. The van der Waals surface area contributed by atoms with Crippen LogP contribution in [0.4, 0.5) is 0 Å². The van der Waals surface area contributed by atoms with E-state index in [-0.39, 0.29) is 29.3 Å². The standard InChI is InChI=1S/C27H27N5O2/c1-18-14-29-32-23(17-30(2)27(34)25(32)26(18)33)24(21-9-5-4-6-10-21)22-11-7-8-19(13-22)12-20-15-28-31(3)16-20/h4-11,13-16,23-24,33H,1,12,17H2,2-3H3. The molecular weight excluding hydrogens is 426 g/mol. The normalized spacial score (nSPS) is 18.9. The maximum absolute atomic E-state index is 13.0. The fraction of sp³-hybridized carbons (Fsp3) is 0.222.